The van der Waals surface area contributed by atoms with E-state index in [1.54, 1.807) is 37.5 Å². The summed E-state index contributed by atoms with van der Waals surface area (Å²) >= 11 is 0. The summed E-state index contributed by atoms with van der Waals surface area (Å²) < 4.78 is 7.25. The van der Waals surface area contributed by atoms with E-state index in [0.29, 0.717) is 18.7 Å². The topological polar surface area (TPSA) is 54.7 Å². The van der Waals surface area contributed by atoms with Gasteiger partial charge in [-0.25, -0.2) is 0 Å². The number of fused-ring (bicyclic) bond motifs is 2. The van der Waals surface area contributed by atoms with Crippen LogP contribution in [0.15, 0.2) is 85.1 Å². The van der Waals surface area contributed by atoms with Crippen LogP contribution in [-0.4, -0.2) is 41.8 Å². The Morgan fingerprint density at radius 1 is 1.03 bits per heavy atom. The van der Waals surface area contributed by atoms with Gasteiger partial charge in [0.15, 0.2) is 5.78 Å². The normalized spacial score (nSPS) is 14.0. The van der Waals surface area contributed by atoms with Crippen molar-refractivity contribution in [2.24, 2.45) is 0 Å². The molecule has 0 saturated heterocycles. The van der Waals surface area contributed by atoms with E-state index in [-0.39, 0.29) is 5.78 Å². The number of aliphatic hydroxyl groups excluding tert-OH is 1. The Hall–Kier alpha value is -3.83. The average molecular weight is 453 g/mol. The fourth-order valence-electron chi connectivity index (χ4n) is 4.71. The van der Waals surface area contributed by atoms with Crippen LogP contribution >= 0.6 is 0 Å². The van der Waals surface area contributed by atoms with Crippen LogP contribution in [0.1, 0.15) is 21.5 Å². The fraction of sp³-hybridized carbons (Fsp3) is 0.207. The van der Waals surface area contributed by atoms with Crippen LogP contribution in [0.25, 0.3) is 17.0 Å². The van der Waals surface area contributed by atoms with Gasteiger partial charge in [-0.05, 0) is 60.5 Å². The minimum absolute atomic E-state index is 0.0628. The molecule has 0 radical (unpaired) electrons. The summed E-state index contributed by atoms with van der Waals surface area (Å²) in [5, 5.41) is 12.0. The molecule has 0 unspecified atom stereocenters. The number of aromatic nitrogens is 1. The molecule has 0 amide bonds. The minimum atomic E-state index is -0.514. The predicted octanol–water partition coefficient (Wildman–Crippen LogP) is 4.97. The summed E-state index contributed by atoms with van der Waals surface area (Å²) in [7, 11) is 1.60. The molecule has 0 bridgehead atoms. The summed E-state index contributed by atoms with van der Waals surface area (Å²) in [5.74, 6) is 0.659. The lowest BCUT2D eigenvalue weighted by Crippen LogP contribution is -2.33. The van der Waals surface area contributed by atoms with Crippen molar-refractivity contribution < 1.29 is 14.6 Å². The van der Waals surface area contributed by atoms with E-state index < -0.39 is 6.10 Å². The molecule has 2 heterocycles. The molecule has 1 aliphatic heterocycles. The second kappa shape index (κ2) is 9.57. The summed E-state index contributed by atoms with van der Waals surface area (Å²) in [5.41, 5.74) is 5.17. The Bertz CT molecular complexity index is 1340. The fourth-order valence-corrected chi connectivity index (χ4v) is 4.71. The highest BCUT2D eigenvalue weighted by molar-refractivity contribution is 6.07. The zero-order valence-corrected chi connectivity index (χ0v) is 19.2. The summed E-state index contributed by atoms with van der Waals surface area (Å²) in [4.78, 5) is 14.9. The number of para-hydroxylation sites is 2. The first-order chi connectivity index (χ1) is 16.6. The number of rotatable bonds is 8. The molecule has 5 nitrogen and oxygen atoms in total. The van der Waals surface area contributed by atoms with Gasteiger partial charge in [-0.1, -0.05) is 36.4 Å². The van der Waals surface area contributed by atoms with E-state index in [1.165, 1.54) is 11.3 Å². The Morgan fingerprint density at radius 2 is 1.79 bits per heavy atom. The van der Waals surface area contributed by atoms with Gasteiger partial charge in [0.1, 0.15) is 5.75 Å². The van der Waals surface area contributed by atoms with Crippen molar-refractivity contribution in [1.82, 2.24) is 4.57 Å². The van der Waals surface area contributed by atoms with Crippen molar-refractivity contribution in [3.05, 3.63) is 102 Å². The number of carbonyl (C=O) groups excluding carboxylic acids is 1. The van der Waals surface area contributed by atoms with Crippen molar-refractivity contribution >= 4 is 28.4 Å². The highest BCUT2D eigenvalue weighted by Crippen LogP contribution is 2.28. The molecule has 1 atom stereocenters. The zero-order valence-electron chi connectivity index (χ0n) is 19.2. The van der Waals surface area contributed by atoms with Crippen LogP contribution in [0, 0.1) is 0 Å². The Labute approximate surface area is 199 Å². The maximum Gasteiger partial charge on any atom is 0.185 e. The summed E-state index contributed by atoms with van der Waals surface area (Å²) in [6.45, 7) is 2.01. The van der Waals surface area contributed by atoms with Gasteiger partial charge >= 0.3 is 0 Å². The third-order valence-corrected chi connectivity index (χ3v) is 6.43. The molecule has 0 fully saturated rings. The van der Waals surface area contributed by atoms with Gasteiger partial charge in [-0.3, -0.25) is 4.79 Å². The SMILES string of the molecule is COc1ccc(C(=O)/C=C/c2cn(C[C@H](O)CN3CCc4ccccc43)c3ccccc23)cc1. The molecule has 172 valence electrons. The molecule has 1 N–H and O–H groups in total. The number of nitrogens with zero attached hydrogens (tertiary/aromatic N) is 2. The monoisotopic (exact) mass is 452 g/mol. The van der Waals surface area contributed by atoms with Crippen LogP contribution in [0.4, 0.5) is 5.69 Å². The zero-order chi connectivity index (χ0) is 23.5. The molecule has 0 aliphatic carbocycles. The lowest BCUT2D eigenvalue weighted by atomic mass is 10.1. The first kappa shape index (κ1) is 22.0. The molecule has 5 heteroatoms. The maximum absolute atomic E-state index is 12.7. The van der Waals surface area contributed by atoms with E-state index in [2.05, 4.69) is 39.8 Å². The number of hydrogen-bond acceptors (Lipinski definition) is 4. The molecule has 0 saturated carbocycles. The van der Waals surface area contributed by atoms with Crippen molar-refractivity contribution in [2.45, 2.75) is 19.1 Å². The van der Waals surface area contributed by atoms with Gasteiger partial charge in [-0.15, -0.1) is 0 Å². The highest BCUT2D eigenvalue weighted by atomic mass is 16.5. The van der Waals surface area contributed by atoms with Crippen LogP contribution in [0.3, 0.4) is 0 Å². The standard InChI is InChI=1S/C29H28N2O3/c1-34-25-13-10-22(11-14-25)29(33)15-12-23-18-31(28-9-5-3-7-26(23)28)20-24(32)19-30-17-16-21-6-2-4-8-27(21)30/h2-15,18,24,32H,16-17,19-20H2,1H3/b15-12+/t24-/m1/s1. The first-order valence-electron chi connectivity index (χ1n) is 11.6. The lowest BCUT2D eigenvalue weighted by Gasteiger charge is -2.23. The van der Waals surface area contributed by atoms with E-state index >= 15 is 0 Å². The van der Waals surface area contributed by atoms with Crippen LogP contribution in [0.2, 0.25) is 0 Å². The predicted molar refractivity (Wildman–Crippen MR) is 137 cm³/mol. The number of methoxy groups -OCH3 is 1. The van der Waals surface area contributed by atoms with E-state index in [9.17, 15) is 9.90 Å². The molecule has 3 aromatic carbocycles. The van der Waals surface area contributed by atoms with E-state index in [0.717, 1.165) is 35.2 Å². The quantitative estimate of drug-likeness (QED) is 0.303. The van der Waals surface area contributed by atoms with Crippen LogP contribution in [-0.2, 0) is 13.0 Å². The molecule has 5 rings (SSSR count). The number of hydrogen-bond donors (Lipinski definition) is 1. The Balaban J connectivity index is 1.33. The third kappa shape index (κ3) is 4.47. The van der Waals surface area contributed by atoms with E-state index in [4.69, 9.17) is 4.74 Å². The highest BCUT2D eigenvalue weighted by Gasteiger charge is 2.21. The molecule has 4 aromatic rings. The number of ketones is 1. The van der Waals surface area contributed by atoms with Crippen molar-refractivity contribution in [2.75, 3.05) is 25.1 Å². The largest absolute Gasteiger partial charge is 0.497 e. The first-order valence-corrected chi connectivity index (χ1v) is 11.6. The second-order valence-corrected chi connectivity index (χ2v) is 8.66. The third-order valence-electron chi connectivity index (χ3n) is 6.43. The number of aliphatic hydroxyl groups is 1. The van der Waals surface area contributed by atoms with Gasteiger partial charge in [0.2, 0.25) is 0 Å². The molecule has 34 heavy (non-hydrogen) atoms. The summed E-state index contributed by atoms with van der Waals surface area (Å²) in [6, 6.07) is 23.6. The van der Waals surface area contributed by atoms with Gasteiger partial charge in [-0.2, -0.15) is 0 Å². The molecule has 0 spiro atoms. The second-order valence-electron chi connectivity index (χ2n) is 8.66. The van der Waals surface area contributed by atoms with Crippen LogP contribution < -0.4 is 9.64 Å². The van der Waals surface area contributed by atoms with Crippen molar-refractivity contribution in [3.8, 4) is 5.75 Å². The number of β-amino-alcohol motifs (C(OH)–C–C–N with tert-alkyl or cyclic N) is 1. The minimum Gasteiger partial charge on any atom is -0.497 e. The van der Waals surface area contributed by atoms with E-state index in [1.807, 2.05) is 30.5 Å². The molecule has 1 aliphatic rings. The van der Waals surface area contributed by atoms with Gasteiger partial charge < -0.3 is 19.3 Å². The number of ether oxygens (including phenoxy) is 1. The van der Waals surface area contributed by atoms with Gasteiger partial charge in [0, 0.05) is 47.0 Å². The number of carbonyl (C=O) groups is 1. The molecule has 1 aromatic heterocycles. The average Bonchev–Trinajstić information content (AvgIpc) is 3.44. The molecular weight excluding hydrogens is 424 g/mol. The van der Waals surface area contributed by atoms with Crippen LogP contribution in [0.5, 0.6) is 5.75 Å². The smallest absolute Gasteiger partial charge is 0.185 e. The summed E-state index contributed by atoms with van der Waals surface area (Å²) in [6.07, 6.45) is 5.98. The lowest BCUT2D eigenvalue weighted by molar-refractivity contribution is 0.104. The van der Waals surface area contributed by atoms with Gasteiger partial charge in [0.25, 0.3) is 0 Å². The maximum atomic E-state index is 12.7. The van der Waals surface area contributed by atoms with Gasteiger partial charge in [0.05, 0.1) is 19.8 Å². The number of allylic oxidation sites excluding steroid dienone is 1. The Kier molecular flexibility index (Phi) is 6.19. The Morgan fingerprint density at radius 3 is 2.62 bits per heavy atom. The van der Waals surface area contributed by atoms with Crippen molar-refractivity contribution in [3.63, 3.8) is 0 Å². The number of anilines is 1. The van der Waals surface area contributed by atoms with Crippen molar-refractivity contribution in [1.29, 1.82) is 0 Å². The number of benzene rings is 3. The molecular formula is C29H28N2O3.